The van der Waals surface area contributed by atoms with E-state index in [0.29, 0.717) is 30.0 Å². The molecule has 2 rings (SSSR count). The van der Waals surface area contributed by atoms with Crippen LogP contribution in [0.25, 0.3) is 0 Å². The molecule has 0 aliphatic rings. The number of carbonyl (C=O) groups excluding carboxylic acids is 1. The van der Waals surface area contributed by atoms with Crippen molar-refractivity contribution < 1.29 is 9.53 Å². The van der Waals surface area contributed by atoms with Crippen molar-refractivity contribution in [2.24, 2.45) is 5.73 Å². The molecule has 0 fully saturated rings. The van der Waals surface area contributed by atoms with E-state index in [0.717, 1.165) is 0 Å². The lowest BCUT2D eigenvalue weighted by molar-refractivity contribution is -0.116. The Hall–Kier alpha value is -2.40. The molecule has 0 aliphatic carbocycles. The zero-order valence-corrected chi connectivity index (χ0v) is 12.0. The first-order valence-electron chi connectivity index (χ1n) is 6.87. The number of benzene rings is 1. The van der Waals surface area contributed by atoms with E-state index in [9.17, 15) is 4.79 Å². The van der Waals surface area contributed by atoms with E-state index in [1.54, 1.807) is 30.6 Å². The van der Waals surface area contributed by atoms with Gasteiger partial charge in [0.2, 0.25) is 5.91 Å². The molecule has 0 radical (unpaired) electrons. The second kappa shape index (κ2) is 7.40. The van der Waals surface area contributed by atoms with Gasteiger partial charge in [-0.3, -0.25) is 9.78 Å². The van der Waals surface area contributed by atoms with Crippen molar-refractivity contribution in [3.63, 3.8) is 0 Å². The predicted octanol–water partition coefficient (Wildman–Crippen LogP) is 2.94. The normalized spacial score (nSPS) is 11.7. The average Bonchev–Trinajstić information content (AvgIpc) is 2.46. The van der Waals surface area contributed by atoms with E-state index in [-0.39, 0.29) is 11.9 Å². The molecule has 2 aromatic rings. The van der Waals surface area contributed by atoms with Crippen LogP contribution < -0.4 is 15.8 Å². The molecule has 1 aromatic carbocycles. The number of nitrogens with one attached hydrogen (secondary N) is 1. The molecule has 1 unspecified atom stereocenters. The molecule has 3 N–H and O–H groups in total. The second-order valence-corrected chi connectivity index (χ2v) is 4.88. The Kier molecular flexibility index (Phi) is 5.29. The quantitative estimate of drug-likeness (QED) is 0.855. The maximum Gasteiger partial charge on any atom is 0.224 e. The third-order valence-corrected chi connectivity index (χ3v) is 2.83. The first-order chi connectivity index (χ1) is 10.1. The van der Waals surface area contributed by atoms with Gasteiger partial charge in [-0.05, 0) is 37.6 Å². The van der Waals surface area contributed by atoms with Crippen molar-refractivity contribution in [3.05, 3.63) is 48.8 Å². The van der Waals surface area contributed by atoms with Crippen LogP contribution in [0.2, 0.25) is 0 Å². The Labute approximate surface area is 124 Å². The van der Waals surface area contributed by atoms with E-state index >= 15 is 0 Å². The fraction of sp³-hybridized carbons (Fsp3) is 0.250. The number of nitrogens with zero attached hydrogens (tertiary/aromatic N) is 1. The van der Waals surface area contributed by atoms with Crippen LogP contribution in [0.4, 0.5) is 5.69 Å². The van der Waals surface area contributed by atoms with Gasteiger partial charge in [0.05, 0.1) is 0 Å². The molecular weight excluding hydrogens is 266 g/mol. The summed E-state index contributed by atoms with van der Waals surface area (Å²) in [6.07, 6.45) is 4.40. The summed E-state index contributed by atoms with van der Waals surface area (Å²) in [6, 6.07) is 10.8. The van der Waals surface area contributed by atoms with E-state index in [2.05, 4.69) is 10.3 Å². The summed E-state index contributed by atoms with van der Waals surface area (Å²) < 4.78 is 5.69. The lowest BCUT2D eigenvalue weighted by Crippen LogP contribution is -2.19. The number of pyridine rings is 1. The van der Waals surface area contributed by atoms with E-state index < -0.39 is 0 Å². The van der Waals surface area contributed by atoms with Crippen molar-refractivity contribution in [2.75, 3.05) is 5.32 Å². The number of carbonyl (C=O) groups is 1. The summed E-state index contributed by atoms with van der Waals surface area (Å²) in [5.41, 5.74) is 6.34. The van der Waals surface area contributed by atoms with E-state index in [4.69, 9.17) is 10.5 Å². The van der Waals surface area contributed by atoms with Crippen LogP contribution >= 0.6 is 0 Å². The lowest BCUT2D eigenvalue weighted by Gasteiger charge is -2.09. The summed E-state index contributed by atoms with van der Waals surface area (Å²) in [5, 5.41) is 2.84. The van der Waals surface area contributed by atoms with Gasteiger partial charge in [-0.2, -0.15) is 0 Å². The number of nitrogens with two attached hydrogens (primary N) is 1. The molecule has 1 atom stereocenters. The monoisotopic (exact) mass is 285 g/mol. The number of rotatable bonds is 6. The van der Waals surface area contributed by atoms with Gasteiger partial charge >= 0.3 is 0 Å². The highest BCUT2D eigenvalue weighted by atomic mass is 16.5. The molecule has 1 aromatic heterocycles. The van der Waals surface area contributed by atoms with Gasteiger partial charge in [0, 0.05) is 36.6 Å². The van der Waals surface area contributed by atoms with Gasteiger partial charge in [0.1, 0.15) is 11.5 Å². The number of hydrogen-bond donors (Lipinski definition) is 2. The van der Waals surface area contributed by atoms with Gasteiger partial charge < -0.3 is 15.8 Å². The summed E-state index contributed by atoms with van der Waals surface area (Å²) >= 11 is 0. The predicted molar refractivity (Wildman–Crippen MR) is 82.3 cm³/mol. The largest absolute Gasteiger partial charge is 0.457 e. The molecule has 0 saturated carbocycles. The van der Waals surface area contributed by atoms with Crippen molar-refractivity contribution in [3.8, 4) is 11.5 Å². The highest BCUT2D eigenvalue weighted by Crippen LogP contribution is 2.23. The van der Waals surface area contributed by atoms with Crippen LogP contribution in [0.3, 0.4) is 0 Å². The average molecular weight is 285 g/mol. The topological polar surface area (TPSA) is 77.2 Å². The van der Waals surface area contributed by atoms with Crippen LogP contribution in [0.1, 0.15) is 19.8 Å². The minimum absolute atomic E-state index is 0.0251. The Balaban J connectivity index is 1.96. The molecule has 0 saturated heterocycles. The lowest BCUT2D eigenvalue weighted by atomic mass is 10.2. The Morgan fingerprint density at radius 2 is 2.05 bits per heavy atom. The Bertz CT molecular complexity index is 585. The number of ether oxygens (including phenoxy) is 1. The van der Waals surface area contributed by atoms with Gasteiger partial charge in [-0.15, -0.1) is 0 Å². The minimum Gasteiger partial charge on any atom is -0.457 e. The summed E-state index contributed by atoms with van der Waals surface area (Å²) in [6.45, 7) is 1.89. The van der Waals surface area contributed by atoms with Crippen LogP contribution in [0, 0.1) is 0 Å². The van der Waals surface area contributed by atoms with Gasteiger partial charge in [-0.1, -0.05) is 6.07 Å². The van der Waals surface area contributed by atoms with E-state index in [1.807, 2.05) is 25.1 Å². The van der Waals surface area contributed by atoms with Crippen molar-refractivity contribution in [2.45, 2.75) is 25.8 Å². The molecule has 5 heteroatoms. The molecular formula is C16H19N3O2. The molecule has 0 aliphatic heterocycles. The highest BCUT2D eigenvalue weighted by Gasteiger charge is 2.05. The van der Waals surface area contributed by atoms with Crippen molar-refractivity contribution >= 4 is 11.6 Å². The maximum absolute atomic E-state index is 11.8. The smallest absolute Gasteiger partial charge is 0.224 e. The third-order valence-electron chi connectivity index (χ3n) is 2.83. The van der Waals surface area contributed by atoms with Crippen molar-refractivity contribution in [1.82, 2.24) is 4.98 Å². The zero-order chi connectivity index (χ0) is 15.1. The van der Waals surface area contributed by atoms with Crippen LogP contribution in [-0.4, -0.2) is 16.9 Å². The standard InChI is InChI=1S/C16H19N3O2/c1-12(17)5-6-16(20)19-13-3-2-4-15(11-13)21-14-7-9-18-10-8-14/h2-4,7-12H,5-6,17H2,1H3,(H,19,20). The molecule has 0 spiro atoms. The van der Waals surface area contributed by atoms with Gasteiger partial charge in [0.15, 0.2) is 0 Å². The minimum atomic E-state index is -0.0478. The molecule has 110 valence electrons. The van der Waals surface area contributed by atoms with Crippen LogP contribution in [0.5, 0.6) is 11.5 Å². The second-order valence-electron chi connectivity index (χ2n) is 4.88. The summed E-state index contributed by atoms with van der Waals surface area (Å²) in [4.78, 5) is 15.7. The van der Waals surface area contributed by atoms with Gasteiger partial charge in [0.25, 0.3) is 0 Å². The van der Waals surface area contributed by atoms with Crippen LogP contribution in [-0.2, 0) is 4.79 Å². The zero-order valence-electron chi connectivity index (χ0n) is 12.0. The first kappa shape index (κ1) is 15.0. The fourth-order valence-corrected chi connectivity index (χ4v) is 1.76. The summed E-state index contributed by atoms with van der Waals surface area (Å²) in [5.74, 6) is 1.31. The highest BCUT2D eigenvalue weighted by molar-refractivity contribution is 5.90. The number of aromatic nitrogens is 1. The molecule has 5 nitrogen and oxygen atoms in total. The van der Waals surface area contributed by atoms with Crippen LogP contribution in [0.15, 0.2) is 48.8 Å². The van der Waals surface area contributed by atoms with Crippen molar-refractivity contribution in [1.29, 1.82) is 0 Å². The van der Waals surface area contributed by atoms with E-state index in [1.165, 1.54) is 0 Å². The molecule has 0 bridgehead atoms. The number of anilines is 1. The molecule has 1 heterocycles. The number of amides is 1. The Morgan fingerprint density at radius 3 is 2.76 bits per heavy atom. The molecule has 21 heavy (non-hydrogen) atoms. The molecule has 1 amide bonds. The fourth-order valence-electron chi connectivity index (χ4n) is 1.76. The SMILES string of the molecule is CC(N)CCC(=O)Nc1cccc(Oc2ccncc2)c1. The third kappa shape index (κ3) is 5.24. The summed E-state index contributed by atoms with van der Waals surface area (Å²) in [7, 11) is 0. The van der Waals surface area contributed by atoms with Gasteiger partial charge in [-0.25, -0.2) is 0 Å². The first-order valence-corrected chi connectivity index (χ1v) is 6.87. The Morgan fingerprint density at radius 1 is 1.29 bits per heavy atom. The maximum atomic E-state index is 11.8. The number of hydrogen-bond acceptors (Lipinski definition) is 4.